The van der Waals surface area contributed by atoms with Crippen molar-refractivity contribution in [2.45, 2.75) is 33.6 Å². The number of hydrogen-bond donors (Lipinski definition) is 2. The van der Waals surface area contributed by atoms with Crippen LogP contribution in [0.2, 0.25) is 0 Å². The highest BCUT2D eigenvalue weighted by molar-refractivity contribution is 7.11. The molecule has 0 aromatic carbocycles. The van der Waals surface area contributed by atoms with Crippen LogP contribution in [0.3, 0.4) is 0 Å². The molecule has 0 unspecified atom stereocenters. The lowest BCUT2D eigenvalue weighted by atomic mass is 10.4. The summed E-state index contributed by atoms with van der Waals surface area (Å²) >= 11 is 1.79. The maximum atomic E-state index is 5.28. The van der Waals surface area contributed by atoms with Crippen molar-refractivity contribution < 1.29 is 4.74 Å². The summed E-state index contributed by atoms with van der Waals surface area (Å²) in [4.78, 5) is 10.2. The van der Waals surface area contributed by atoms with Gasteiger partial charge in [-0.15, -0.1) is 11.3 Å². The molecule has 0 atom stereocenters. The number of ether oxygens (including phenoxy) is 1. The second-order valence-electron chi connectivity index (χ2n) is 4.21. The summed E-state index contributed by atoms with van der Waals surface area (Å²) in [6, 6.07) is 0. The molecule has 1 heterocycles. The third-order valence-corrected chi connectivity index (χ3v) is 3.84. The van der Waals surface area contributed by atoms with Gasteiger partial charge in [-0.3, -0.25) is 4.99 Å². The molecular weight excluding hydrogens is 272 g/mol. The van der Waals surface area contributed by atoms with E-state index in [1.54, 1.807) is 11.3 Å². The molecule has 0 aliphatic carbocycles. The normalized spacial score (nSPS) is 11.7. The molecule has 0 spiro atoms. The van der Waals surface area contributed by atoms with Crippen molar-refractivity contribution in [1.82, 2.24) is 15.6 Å². The summed E-state index contributed by atoms with van der Waals surface area (Å²) in [5.74, 6) is 0.847. The van der Waals surface area contributed by atoms with Gasteiger partial charge in [0.2, 0.25) is 0 Å². The SMILES string of the molecule is CCNC(=NCCOCC)NCCc1ncc(CC)s1. The number of guanidine groups is 1. The van der Waals surface area contributed by atoms with E-state index in [-0.39, 0.29) is 0 Å². The first kappa shape index (κ1) is 16.9. The number of aromatic nitrogens is 1. The summed E-state index contributed by atoms with van der Waals surface area (Å²) in [5, 5.41) is 7.73. The van der Waals surface area contributed by atoms with E-state index in [1.165, 1.54) is 9.88 Å². The number of nitrogens with one attached hydrogen (secondary N) is 2. The van der Waals surface area contributed by atoms with Gasteiger partial charge in [-0.1, -0.05) is 6.92 Å². The van der Waals surface area contributed by atoms with Gasteiger partial charge in [-0.05, 0) is 20.3 Å². The molecule has 0 saturated heterocycles. The van der Waals surface area contributed by atoms with Crippen molar-refractivity contribution >= 4 is 17.3 Å². The summed E-state index contributed by atoms with van der Waals surface area (Å²) in [6.07, 6.45) is 3.97. The Morgan fingerprint density at radius 3 is 2.85 bits per heavy atom. The molecule has 1 aromatic heterocycles. The van der Waals surface area contributed by atoms with Crippen LogP contribution in [0.1, 0.15) is 30.7 Å². The van der Waals surface area contributed by atoms with E-state index < -0.39 is 0 Å². The quantitative estimate of drug-likeness (QED) is 0.415. The average Bonchev–Trinajstić information content (AvgIpc) is 2.91. The lowest BCUT2D eigenvalue weighted by molar-refractivity contribution is 0.155. The smallest absolute Gasteiger partial charge is 0.191 e. The van der Waals surface area contributed by atoms with Gasteiger partial charge in [0.15, 0.2) is 5.96 Å². The van der Waals surface area contributed by atoms with Crippen molar-refractivity contribution in [1.29, 1.82) is 0 Å². The van der Waals surface area contributed by atoms with E-state index in [4.69, 9.17) is 4.74 Å². The van der Waals surface area contributed by atoms with E-state index in [0.717, 1.165) is 38.5 Å². The number of rotatable bonds is 9. The molecule has 20 heavy (non-hydrogen) atoms. The van der Waals surface area contributed by atoms with Gasteiger partial charge in [-0.2, -0.15) is 0 Å². The summed E-state index contributed by atoms with van der Waals surface area (Å²) in [6.45, 7) is 10.0. The zero-order chi connectivity index (χ0) is 14.6. The van der Waals surface area contributed by atoms with Crippen LogP contribution in [0.4, 0.5) is 0 Å². The van der Waals surface area contributed by atoms with E-state index >= 15 is 0 Å². The van der Waals surface area contributed by atoms with Crippen molar-refractivity contribution in [2.75, 3.05) is 32.8 Å². The van der Waals surface area contributed by atoms with Crippen LogP contribution < -0.4 is 10.6 Å². The van der Waals surface area contributed by atoms with Gasteiger partial charge in [0.05, 0.1) is 18.2 Å². The monoisotopic (exact) mass is 298 g/mol. The largest absolute Gasteiger partial charge is 0.380 e. The standard InChI is InChI=1S/C14H26N4OS/c1-4-12-11-18-13(20-12)7-8-16-14(15-5-2)17-9-10-19-6-3/h11H,4-10H2,1-3H3,(H2,15,16,17). The molecule has 0 fully saturated rings. The van der Waals surface area contributed by atoms with Crippen molar-refractivity contribution in [3.05, 3.63) is 16.1 Å². The van der Waals surface area contributed by atoms with Crippen LogP contribution in [0, 0.1) is 0 Å². The highest BCUT2D eigenvalue weighted by Gasteiger charge is 2.01. The van der Waals surface area contributed by atoms with Gasteiger partial charge in [-0.25, -0.2) is 4.98 Å². The first-order valence-corrected chi connectivity index (χ1v) is 8.15. The number of aliphatic imine (C=N–C) groups is 1. The second-order valence-corrected chi connectivity index (χ2v) is 5.41. The van der Waals surface area contributed by atoms with Gasteiger partial charge < -0.3 is 15.4 Å². The fraction of sp³-hybridized carbons (Fsp3) is 0.714. The van der Waals surface area contributed by atoms with E-state index in [9.17, 15) is 0 Å². The lowest BCUT2D eigenvalue weighted by Crippen LogP contribution is -2.38. The van der Waals surface area contributed by atoms with E-state index in [1.807, 2.05) is 13.1 Å². The number of thiazole rings is 1. The molecule has 2 N–H and O–H groups in total. The van der Waals surface area contributed by atoms with Gasteiger partial charge in [0.25, 0.3) is 0 Å². The van der Waals surface area contributed by atoms with Crippen LogP contribution in [-0.4, -0.2) is 43.8 Å². The number of nitrogens with zero attached hydrogens (tertiary/aromatic N) is 2. The Kier molecular flexibility index (Phi) is 8.98. The third-order valence-electron chi connectivity index (χ3n) is 2.64. The zero-order valence-electron chi connectivity index (χ0n) is 12.7. The fourth-order valence-corrected chi connectivity index (χ4v) is 2.48. The molecule has 1 aromatic rings. The van der Waals surface area contributed by atoms with Crippen molar-refractivity contribution in [3.63, 3.8) is 0 Å². The molecule has 0 aliphatic rings. The minimum atomic E-state index is 0.666. The number of aryl methyl sites for hydroxylation is 1. The Hall–Kier alpha value is -1.14. The van der Waals surface area contributed by atoms with Crippen LogP contribution in [-0.2, 0) is 17.6 Å². The minimum absolute atomic E-state index is 0.666. The summed E-state index contributed by atoms with van der Waals surface area (Å²) < 4.78 is 5.28. The molecule has 0 aliphatic heterocycles. The van der Waals surface area contributed by atoms with E-state index in [2.05, 4.69) is 34.5 Å². The molecule has 0 saturated carbocycles. The predicted molar refractivity (Wildman–Crippen MR) is 85.7 cm³/mol. The van der Waals surface area contributed by atoms with Crippen LogP contribution in [0.5, 0.6) is 0 Å². The van der Waals surface area contributed by atoms with Gasteiger partial charge >= 0.3 is 0 Å². The summed E-state index contributed by atoms with van der Waals surface area (Å²) in [5.41, 5.74) is 0. The zero-order valence-corrected chi connectivity index (χ0v) is 13.6. The maximum absolute atomic E-state index is 5.28. The predicted octanol–water partition coefficient (Wildman–Crippen LogP) is 1.84. The van der Waals surface area contributed by atoms with Crippen LogP contribution >= 0.6 is 11.3 Å². The second kappa shape index (κ2) is 10.6. The minimum Gasteiger partial charge on any atom is -0.380 e. The molecule has 0 bridgehead atoms. The fourth-order valence-electron chi connectivity index (χ4n) is 1.62. The maximum Gasteiger partial charge on any atom is 0.191 e. The molecule has 0 amide bonds. The number of hydrogen-bond acceptors (Lipinski definition) is 4. The molecule has 0 radical (unpaired) electrons. The Labute approximate surface area is 125 Å². The molecule has 114 valence electrons. The lowest BCUT2D eigenvalue weighted by Gasteiger charge is -2.10. The average molecular weight is 298 g/mol. The summed E-state index contributed by atoms with van der Waals surface area (Å²) in [7, 11) is 0. The van der Waals surface area contributed by atoms with Crippen LogP contribution in [0.15, 0.2) is 11.2 Å². The molecule has 5 nitrogen and oxygen atoms in total. The highest BCUT2D eigenvalue weighted by Crippen LogP contribution is 2.13. The van der Waals surface area contributed by atoms with Crippen LogP contribution in [0.25, 0.3) is 0 Å². The van der Waals surface area contributed by atoms with Gasteiger partial charge in [0.1, 0.15) is 0 Å². The topological polar surface area (TPSA) is 58.5 Å². The van der Waals surface area contributed by atoms with Gasteiger partial charge in [0, 0.05) is 37.2 Å². The van der Waals surface area contributed by atoms with E-state index in [0.29, 0.717) is 13.2 Å². The Morgan fingerprint density at radius 2 is 2.20 bits per heavy atom. The van der Waals surface area contributed by atoms with Crippen molar-refractivity contribution in [2.24, 2.45) is 4.99 Å². The Bertz CT molecular complexity index is 392. The molecule has 1 rings (SSSR count). The van der Waals surface area contributed by atoms with Crippen molar-refractivity contribution in [3.8, 4) is 0 Å². The third kappa shape index (κ3) is 6.86. The molecule has 6 heteroatoms. The first-order chi connectivity index (χ1) is 9.80. The Morgan fingerprint density at radius 1 is 1.35 bits per heavy atom. The Balaban J connectivity index is 2.30. The first-order valence-electron chi connectivity index (χ1n) is 7.33. The highest BCUT2D eigenvalue weighted by atomic mass is 32.1. The molecular formula is C14H26N4OS.